The number of para-hydroxylation sites is 1. The second kappa shape index (κ2) is 6.00. The second-order valence-corrected chi connectivity index (χ2v) is 5.86. The third kappa shape index (κ3) is 2.87. The van der Waals surface area contributed by atoms with E-state index in [2.05, 4.69) is 4.98 Å². The maximum absolute atomic E-state index is 12.6. The molecule has 0 aliphatic carbocycles. The number of hydrogen-bond donors (Lipinski definition) is 1. The molecule has 1 aromatic heterocycles. The van der Waals surface area contributed by atoms with Gasteiger partial charge in [-0.25, -0.2) is 4.98 Å². The average Bonchev–Trinajstić information content (AvgIpc) is 2.54. The average molecular weight is 305 g/mol. The minimum Gasteiger partial charge on any atom is -0.396 e. The lowest BCUT2D eigenvalue weighted by Crippen LogP contribution is -2.41. The number of carbonyl (C=O) groups is 1. The smallest absolute Gasteiger partial charge is 0.272 e. The van der Waals surface area contributed by atoms with Crippen LogP contribution in [0.5, 0.6) is 0 Å². The van der Waals surface area contributed by atoms with Crippen molar-refractivity contribution in [2.75, 3.05) is 19.7 Å². The molecule has 5 heteroatoms. The molecule has 3 rings (SSSR count). The lowest BCUT2D eigenvalue weighted by atomic mass is 9.99. The van der Waals surface area contributed by atoms with Gasteiger partial charge in [-0.3, -0.25) is 4.79 Å². The highest BCUT2D eigenvalue weighted by Gasteiger charge is 2.25. The first-order valence-electron chi connectivity index (χ1n) is 7.14. The summed E-state index contributed by atoms with van der Waals surface area (Å²) in [7, 11) is 0. The third-order valence-electron chi connectivity index (χ3n) is 3.95. The number of rotatable bonds is 2. The van der Waals surface area contributed by atoms with Crippen molar-refractivity contribution in [1.82, 2.24) is 9.88 Å². The first-order valence-corrected chi connectivity index (χ1v) is 7.52. The van der Waals surface area contributed by atoms with Crippen LogP contribution in [0.25, 0.3) is 10.9 Å². The van der Waals surface area contributed by atoms with Crippen LogP contribution in [-0.2, 0) is 0 Å². The number of aromatic nitrogens is 1. The molecule has 1 N–H and O–H groups in total. The lowest BCUT2D eigenvalue weighted by molar-refractivity contribution is 0.0615. The Morgan fingerprint density at radius 2 is 2.24 bits per heavy atom. The van der Waals surface area contributed by atoms with Crippen LogP contribution in [0.3, 0.4) is 0 Å². The van der Waals surface area contributed by atoms with Crippen LogP contribution >= 0.6 is 11.6 Å². The Hall–Kier alpha value is -1.65. The Kier molecular flexibility index (Phi) is 4.08. The zero-order valence-electron chi connectivity index (χ0n) is 11.6. The summed E-state index contributed by atoms with van der Waals surface area (Å²) < 4.78 is 0. The molecule has 1 aromatic carbocycles. The Labute approximate surface area is 128 Å². The minimum absolute atomic E-state index is 0.110. The summed E-state index contributed by atoms with van der Waals surface area (Å²) in [6.45, 7) is 1.42. The van der Waals surface area contributed by atoms with E-state index in [0.717, 1.165) is 23.7 Å². The summed E-state index contributed by atoms with van der Waals surface area (Å²) in [5.41, 5.74) is 1.10. The zero-order chi connectivity index (χ0) is 14.8. The lowest BCUT2D eigenvalue weighted by Gasteiger charge is -2.31. The largest absolute Gasteiger partial charge is 0.396 e. The van der Waals surface area contributed by atoms with Crippen molar-refractivity contribution in [3.8, 4) is 0 Å². The van der Waals surface area contributed by atoms with E-state index in [1.165, 1.54) is 0 Å². The number of aliphatic hydroxyl groups excluding tert-OH is 1. The quantitative estimate of drug-likeness (QED) is 0.928. The highest BCUT2D eigenvalue weighted by molar-refractivity contribution is 6.35. The van der Waals surface area contributed by atoms with Crippen molar-refractivity contribution in [3.05, 3.63) is 41.0 Å². The van der Waals surface area contributed by atoms with E-state index in [1.807, 2.05) is 24.3 Å². The Balaban J connectivity index is 1.91. The van der Waals surface area contributed by atoms with E-state index in [1.54, 1.807) is 11.0 Å². The van der Waals surface area contributed by atoms with Crippen LogP contribution in [-0.4, -0.2) is 40.6 Å². The normalized spacial score (nSPS) is 19.0. The van der Waals surface area contributed by atoms with Crippen molar-refractivity contribution in [3.63, 3.8) is 0 Å². The predicted octanol–water partition coefficient (Wildman–Crippen LogP) is 2.73. The van der Waals surface area contributed by atoms with Crippen LogP contribution in [0, 0.1) is 5.92 Å². The van der Waals surface area contributed by atoms with Gasteiger partial charge in [-0.15, -0.1) is 0 Å². The fraction of sp³-hybridized carbons (Fsp3) is 0.375. The zero-order valence-corrected chi connectivity index (χ0v) is 12.4. The molecule has 1 atom stereocenters. The minimum atomic E-state index is -0.110. The monoisotopic (exact) mass is 304 g/mol. The summed E-state index contributed by atoms with van der Waals surface area (Å²) in [5.74, 6) is 0.0550. The fourth-order valence-electron chi connectivity index (χ4n) is 2.80. The molecule has 1 saturated heterocycles. The third-order valence-corrected chi connectivity index (χ3v) is 4.26. The molecule has 0 radical (unpaired) electrons. The number of halogens is 1. The molecule has 0 spiro atoms. The van der Waals surface area contributed by atoms with Gasteiger partial charge in [0.15, 0.2) is 0 Å². The number of likely N-dealkylation sites (tertiary alicyclic amines) is 1. The van der Waals surface area contributed by atoms with Gasteiger partial charge in [-0.05, 0) is 30.9 Å². The van der Waals surface area contributed by atoms with Crippen LogP contribution in [0.15, 0.2) is 30.3 Å². The number of nitrogens with zero attached hydrogens (tertiary/aromatic N) is 2. The van der Waals surface area contributed by atoms with Crippen LogP contribution < -0.4 is 0 Å². The number of carbonyl (C=O) groups excluding carboxylic acids is 1. The van der Waals surface area contributed by atoms with E-state index in [4.69, 9.17) is 11.6 Å². The number of aliphatic hydroxyl groups is 1. The number of benzene rings is 1. The number of amides is 1. The van der Waals surface area contributed by atoms with Crippen molar-refractivity contribution in [2.24, 2.45) is 5.92 Å². The predicted molar refractivity (Wildman–Crippen MR) is 82.5 cm³/mol. The van der Waals surface area contributed by atoms with Gasteiger partial charge in [0.1, 0.15) is 5.69 Å². The number of hydrogen-bond acceptors (Lipinski definition) is 3. The van der Waals surface area contributed by atoms with Gasteiger partial charge in [0.25, 0.3) is 5.91 Å². The first kappa shape index (κ1) is 14.3. The maximum Gasteiger partial charge on any atom is 0.272 e. The molecule has 0 saturated carbocycles. The van der Waals surface area contributed by atoms with E-state index in [-0.39, 0.29) is 18.4 Å². The summed E-state index contributed by atoms with van der Waals surface area (Å²) in [4.78, 5) is 18.8. The maximum atomic E-state index is 12.6. The molecule has 0 unspecified atom stereocenters. The Morgan fingerprint density at radius 3 is 3.05 bits per heavy atom. The van der Waals surface area contributed by atoms with Crippen LogP contribution in [0.1, 0.15) is 23.3 Å². The number of fused-ring (bicyclic) bond motifs is 1. The molecule has 21 heavy (non-hydrogen) atoms. The number of pyridine rings is 1. The summed E-state index contributed by atoms with van der Waals surface area (Å²) in [6.07, 6.45) is 1.88. The molecule has 2 heterocycles. The molecular weight excluding hydrogens is 288 g/mol. The van der Waals surface area contributed by atoms with Gasteiger partial charge in [-0.1, -0.05) is 29.8 Å². The molecule has 1 amide bonds. The fourth-order valence-corrected chi connectivity index (χ4v) is 3.07. The number of piperidine rings is 1. The van der Waals surface area contributed by atoms with Crippen molar-refractivity contribution >= 4 is 28.4 Å². The van der Waals surface area contributed by atoms with Crippen molar-refractivity contribution in [1.29, 1.82) is 0 Å². The van der Waals surface area contributed by atoms with E-state index in [0.29, 0.717) is 23.8 Å². The van der Waals surface area contributed by atoms with Crippen molar-refractivity contribution in [2.45, 2.75) is 12.8 Å². The molecular formula is C16H17ClN2O2. The van der Waals surface area contributed by atoms with E-state index >= 15 is 0 Å². The van der Waals surface area contributed by atoms with Gasteiger partial charge in [0, 0.05) is 25.1 Å². The highest BCUT2D eigenvalue weighted by atomic mass is 35.5. The van der Waals surface area contributed by atoms with Gasteiger partial charge in [0.2, 0.25) is 0 Å². The Bertz CT molecular complexity index is 674. The molecule has 1 aliphatic heterocycles. The summed E-state index contributed by atoms with van der Waals surface area (Å²) in [5, 5.41) is 10.7. The molecule has 110 valence electrons. The van der Waals surface area contributed by atoms with Gasteiger partial charge < -0.3 is 10.0 Å². The van der Waals surface area contributed by atoms with Crippen LogP contribution in [0.2, 0.25) is 5.02 Å². The van der Waals surface area contributed by atoms with Crippen LogP contribution in [0.4, 0.5) is 0 Å². The molecule has 2 aromatic rings. The van der Waals surface area contributed by atoms with Gasteiger partial charge in [-0.2, -0.15) is 0 Å². The molecule has 0 bridgehead atoms. The topological polar surface area (TPSA) is 53.4 Å². The Morgan fingerprint density at radius 1 is 1.43 bits per heavy atom. The first-order chi connectivity index (χ1) is 10.2. The summed E-state index contributed by atoms with van der Waals surface area (Å²) in [6, 6.07) is 9.15. The van der Waals surface area contributed by atoms with E-state index < -0.39 is 0 Å². The van der Waals surface area contributed by atoms with Gasteiger partial charge in [0.05, 0.1) is 10.5 Å². The van der Waals surface area contributed by atoms with Gasteiger partial charge >= 0.3 is 0 Å². The van der Waals surface area contributed by atoms with E-state index in [9.17, 15) is 9.90 Å². The molecule has 1 fully saturated rings. The standard InChI is InChI=1S/C16H17ClN2O2/c17-13-8-15(18-14-6-2-1-5-12(13)14)16(21)19-7-3-4-11(9-19)10-20/h1-2,5-6,8,11,20H,3-4,7,9-10H2/t11-/m0/s1. The molecule has 4 nitrogen and oxygen atoms in total. The highest BCUT2D eigenvalue weighted by Crippen LogP contribution is 2.24. The second-order valence-electron chi connectivity index (χ2n) is 5.45. The van der Waals surface area contributed by atoms with Crippen molar-refractivity contribution < 1.29 is 9.90 Å². The molecule has 1 aliphatic rings. The summed E-state index contributed by atoms with van der Waals surface area (Å²) >= 11 is 6.25. The SMILES string of the molecule is O=C(c1cc(Cl)c2ccccc2n1)N1CCC[C@H](CO)C1.